The summed E-state index contributed by atoms with van der Waals surface area (Å²) in [5, 5.41) is 3.00. The van der Waals surface area contributed by atoms with Crippen LogP contribution in [0.4, 0.5) is 11.4 Å². The summed E-state index contributed by atoms with van der Waals surface area (Å²) in [6, 6.07) is 7.83. The van der Waals surface area contributed by atoms with Crippen LogP contribution in [0.25, 0.3) is 0 Å². The van der Waals surface area contributed by atoms with Crippen molar-refractivity contribution >= 4 is 33.1 Å². The Morgan fingerprint density at radius 2 is 1.72 bits per heavy atom. The van der Waals surface area contributed by atoms with Crippen molar-refractivity contribution in [2.45, 2.75) is 25.6 Å². The van der Waals surface area contributed by atoms with Gasteiger partial charge in [0.2, 0.25) is 0 Å². The number of hydrogen-bond acceptors (Lipinski definition) is 6. The molecular formula is C16H20N4O4S. The van der Waals surface area contributed by atoms with Gasteiger partial charge in [-0.3, -0.25) is 0 Å². The summed E-state index contributed by atoms with van der Waals surface area (Å²) < 4.78 is 41.3. The minimum Gasteiger partial charge on any atom is -0.371 e. The Morgan fingerprint density at radius 3 is 2.28 bits per heavy atom. The molecule has 0 atom stereocenters. The van der Waals surface area contributed by atoms with Crippen molar-refractivity contribution in [3.8, 4) is 0 Å². The predicted octanol–water partition coefficient (Wildman–Crippen LogP) is 1.56. The highest BCUT2D eigenvalue weighted by Gasteiger charge is 2.39. The molecule has 0 radical (unpaired) electrons. The van der Waals surface area contributed by atoms with Crippen LogP contribution in [0.1, 0.15) is 19.8 Å². The lowest BCUT2D eigenvalue weighted by Crippen LogP contribution is -2.45. The number of hydrogen-bond donors (Lipinski definition) is 1. The van der Waals surface area contributed by atoms with E-state index in [1.807, 2.05) is 24.3 Å². The molecule has 25 heavy (non-hydrogen) atoms. The Balaban J connectivity index is 1.40. The molecule has 0 amide bonds. The van der Waals surface area contributed by atoms with Crippen LogP contribution in [0, 0.1) is 0 Å². The second-order valence-electron chi connectivity index (χ2n) is 6.33. The van der Waals surface area contributed by atoms with Crippen molar-refractivity contribution in [2.75, 3.05) is 36.5 Å². The van der Waals surface area contributed by atoms with Crippen molar-refractivity contribution < 1.29 is 17.9 Å². The number of nitrogens with one attached hydrogen (secondary N) is 1. The lowest BCUT2D eigenvalue weighted by atomic mass is 10.0. The van der Waals surface area contributed by atoms with Gasteiger partial charge < -0.3 is 19.7 Å². The molecule has 3 heterocycles. The molecule has 8 nitrogen and oxygen atoms in total. The number of benzene rings is 1. The van der Waals surface area contributed by atoms with Crippen molar-refractivity contribution in [1.29, 1.82) is 0 Å². The zero-order valence-electron chi connectivity index (χ0n) is 13.9. The topological polar surface area (TPSA) is 92.6 Å². The molecule has 0 unspecified atom stereocenters. The third kappa shape index (κ3) is 3.39. The van der Waals surface area contributed by atoms with Gasteiger partial charge in [-0.25, -0.2) is 0 Å². The molecule has 0 aliphatic carbocycles. The lowest BCUT2D eigenvalue weighted by molar-refractivity contribution is -0.169. The van der Waals surface area contributed by atoms with E-state index in [4.69, 9.17) is 9.47 Å². The van der Waals surface area contributed by atoms with Crippen LogP contribution < -0.4 is 10.2 Å². The molecule has 2 fully saturated rings. The first-order valence-corrected chi connectivity index (χ1v) is 9.66. The zero-order chi connectivity index (χ0) is 17.5. The van der Waals surface area contributed by atoms with E-state index in [9.17, 15) is 8.42 Å². The van der Waals surface area contributed by atoms with E-state index in [-0.39, 0.29) is 11.6 Å². The van der Waals surface area contributed by atoms with Crippen LogP contribution >= 0.6 is 0 Å². The first-order valence-electron chi connectivity index (χ1n) is 8.27. The van der Waals surface area contributed by atoms with Crippen LogP contribution in [0.15, 0.2) is 33.1 Å². The Morgan fingerprint density at radius 1 is 1.08 bits per heavy atom. The standard InChI is InChI=1S/C16H20N4O4S/c1-12-15(19-25(21,22)18-12)17-13-2-4-14(5-3-13)20-8-6-16(7-9-20)23-10-11-24-16/h2-5H,6-11H2,1H3,(H,17,19). The highest BCUT2D eigenvalue weighted by atomic mass is 32.2. The summed E-state index contributed by atoms with van der Waals surface area (Å²) in [7, 11) is -3.72. The Hall–Kier alpha value is -1.97. The monoisotopic (exact) mass is 364 g/mol. The number of amidine groups is 1. The fraction of sp³-hybridized carbons (Fsp3) is 0.500. The third-order valence-electron chi connectivity index (χ3n) is 4.64. The first-order chi connectivity index (χ1) is 11.9. The van der Waals surface area contributed by atoms with E-state index in [0.29, 0.717) is 18.9 Å². The predicted molar refractivity (Wildman–Crippen MR) is 95.6 cm³/mol. The Labute approximate surface area is 146 Å². The van der Waals surface area contributed by atoms with Gasteiger partial charge >= 0.3 is 10.2 Å². The van der Waals surface area contributed by atoms with Crippen LogP contribution in [-0.4, -0.2) is 52.1 Å². The first kappa shape index (κ1) is 16.5. The van der Waals surface area contributed by atoms with Gasteiger partial charge in [-0.1, -0.05) is 0 Å². The number of rotatable bonds is 2. The summed E-state index contributed by atoms with van der Waals surface area (Å²) in [6.45, 7) is 4.74. The average molecular weight is 364 g/mol. The van der Waals surface area contributed by atoms with E-state index in [1.165, 1.54) is 0 Å². The maximum absolute atomic E-state index is 11.4. The maximum Gasteiger partial charge on any atom is 0.365 e. The second kappa shape index (κ2) is 6.08. The molecule has 3 aliphatic rings. The van der Waals surface area contributed by atoms with E-state index in [0.717, 1.165) is 37.3 Å². The highest BCUT2D eigenvalue weighted by Crippen LogP contribution is 2.33. The van der Waals surface area contributed by atoms with Gasteiger partial charge in [0.05, 0.1) is 18.9 Å². The summed E-state index contributed by atoms with van der Waals surface area (Å²) in [6.07, 6.45) is 1.72. The molecule has 1 aromatic rings. The summed E-state index contributed by atoms with van der Waals surface area (Å²) in [4.78, 5) is 2.30. The van der Waals surface area contributed by atoms with E-state index < -0.39 is 10.2 Å². The molecule has 0 saturated carbocycles. The number of ether oxygens (including phenoxy) is 2. The molecule has 4 rings (SSSR count). The van der Waals surface area contributed by atoms with Crippen molar-refractivity contribution in [1.82, 2.24) is 0 Å². The molecule has 1 aromatic carbocycles. The van der Waals surface area contributed by atoms with Crippen molar-refractivity contribution in [3.05, 3.63) is 24.3 Å². The SMILES string of the molecule is CC1=NS(=O)(=O)N=C1Nc1ccc(N2CCC3(CC2)OCCO3)cc1. The minimum absolute atomic E-state index is 0.267. The molecule has 2 saturated heterocycles. The Bertz CT molecular complexity index is 816. The van der Waals surface area contributed by atoms with Gasteiger partial charge in [0.15, 0.2) is 11.6 Å². The summed E-state index contributed by atoms with van der Waals surface area (Å²) in [5.74, 6) is -0.107. The van der Waals surface area contributed by atoms with Gasteiger partial charge in [-0.05, 0) is 31.2 Å². The number of nitrogens with zero attached hydrogens (tertiary/aromatic N) is 3. The molecule has 1 spiro atoms. The van der Waals surface area contributed by atoms with E-state index >= 15 is 0 Å². The fourth-order valence-corrected chi connectivity index (χ4v) is 4.20. The normalized spacial score (nSPS) is 24.3. The largest absolute Gasteiger partial charge is 0.371 e. The second-order valence-corrected chi connectivity index (χ2v) is 7.59. The third-order valence-corrected chi connectivity index (χ3v) is 5.55. The number of anilines is 2. The van der Waals surface area contributed by atoms with E-state index in [1.54, 1.807) is 6.92 Å². The zero-order valence-corrected chi connectivity index (χ0v) is 14.8. The highest BCUT2D eigenvalue weighted by molar-refractivity contribution is 7.89. The molecule has 3 aliphatic heterocycles. The Kier molecular flexibility index (Phi) is 4.01. The van der Waals surface area contributed by atoms with Crippen LogP contribution in [0.3, 0.4) is 0 Å². The van der Waals surface area contributed by atoms with Crippen LogP contribution in [0.2, 0.25) is 0 Å². The molecule has 0 bridgehead atoms. The van der Waals surface area contributed by atoms with Gasteiger partial charge in [-0.15, -0.1) is 8.80 Å². The molecule has 9 heteroatoms. The van der Waals surface area contributed by atoms with E-state index in [2.05, 4.69) is 19.0 Å². The van der Waals surface area contributed by atoms with Crippen LogP contribution in [0.5, 0.6) is 0 Å². The molecule has 0 aromatic heterocycles. The average Bonchev–Trinajstić information content (AvgIpc) is 3.13. The lowest BCUT2D eigenvalue weighted by Gasteiger charge is -2.38. The molecular weight excluding hydrogens is 344 g/mol. The van der Waals surface area contributed by atoms with Crippen molar-refractivity contribution in [3.63, 3.8) is 0 Å². The smallest absolute Gasteiger partial charge is 0.365 e. The van der Waals surface area contributed by atoms with Gasteiger partial charge in [0.1, 0.15) is 0 Å². The summed E-state index contributed by atoms with van der Waals surface area (Å²) in [5.41, 5.74) is 2.25. The fourth-order valence-electron chi connectivity index (χ4n) is 3.31. The van der Waals surface area contributed by atoms with Gasteiger partial charge in [0.25, 0.3) is 0 Å². The quantitative estimate of drug-likeness (QED) is 0.856. The maximum atomic E-state index is 11.4. The van der Waals surface area contributed by atoms with Gasteiger partial charge in [0, 0.05) is 37.3 Å². The molecule has 1 N–H and O–H groups in total. The molecule has 134 valence electrons. The van der Waals surface area contributed by atoms with Crippen molar-refractivity contribution in [2.24, 2.45) is 8.80 Å². The van der Waals surface area contributed by atoms with Crippen LogP contribution in [-0.2, 0) is 19.7 Å². The van der Waals surface area contributed by atoms with Gasteiger partial charge in [-0.2, -0.15) is 8.42 Å². The number of piperidine rings is 1. The summed E-state index contributed by atoms with van der Waals surface area (Å²) >= 11 is 0. The minimum atomic E-state index is -3.72.